The summed E-state index contributed by atoms with van der Waals surface area (Å²) in [6.07, 6.45) is 0.571. The van der Waals surface area contributed by atoms with Gasteiger partial charge in [0.1, 0.15) is 4.88 Å². The number of carbonyl (C=O) groups excluding carboxylic acids is 1. The fourth-order valence-corrected chi connectivity index (χ4v) is 2.62. The number of amides is 1. The van der Waals surface area contributed by atoms with Crippen LogP contribution in [0.2, 0.25) is 0 Å². The van der Waals surface area contributed by atoms with E-state index in [9.17, 15) is 4.79 Å². The zero-order valence-electron chi connectivity index (χ0n) is 12.2. The standard InChI is InChI=1S/C13H23N3O2S/c1-8(2)10(6-7-17)15-12(18)11-9(3)14-13(19-11)16(4)5/h8,10,17H,6-7H2,1-5H3,(H,15,18). The van der Waals surface area contributed by atoms with Gasteiger partial charge in [-0.05, 0) is 19.3 Å². The van der Waals surface area contributed by atoms with Crippen LogP contribution in [0.15, 0.2) is 0 Å². The van der Waals surface area contributed by atoms with E-state index in [1.165, 1.54) is 11.3 Å². The number of thiazole rings is 1. The average molecular weight is 285 g/mol. The summed E-state index contributed by atoms with van der Waals surface area (Å²) < 4.78 is 0. The zero-order valence-corrected chi connectivity index (χ0v) is 13.0. The third kappa shape index (κ3) is 4.18. The van der Waals surface area contributed by atoms with Gasteiger partial charge in [-0.15, -0.1) is 0 Å². The summed E-state index contributed by atoms with van der Waals surface area (Å²) in [6, 6.07) is -0.0122. The number of aliphatic hydroxyl groups excluding tert-OH is 1. The van der Waals surface area contributed by atoms with Crippen LogP contribution in [0.5, 0.6) is 0 Å². The molecule has 0 bridgehead atoms. The van der Waals surface area contributed by atoms with E-state index in [4.69, 9.17) is 5.11 Å². The van der Waals surface area contributed by atoms with Crippen LogP contribution < -0.4 is 10.2 Å². The highest BCUT2D eigenvalue weighted by Crippen LogP contribution is 2.24. The lowest BCUT2D eigenvalue weighted by atomic mass is 10.0. The second-order valence-electron chi connectivity index (χ2n) is 5.14. The SMILES string of the molecule is Cc1nc(N(C)C)sc1C(=O)NC(CCO)C(C)C. The van der Waals surface area contributed by atoms with E-state index in [0.29, 0.717) is 11.3 Å². The maximum absolute atomic E-state index is 12.3. The summed E-state index contributed by atoms with van der Waals surface area (Å²) in [4.78, 5) is 19.2. The van der Waals surface area contributed by atoms with Gasteiger partial charge in [0.15, 0.2) is 5.13 Å². The monoisotopic (exact) mass is 285 g/mol. The van der Waals surface area contributed by atoms with Crippen LogP contribution in [0.25, 0.3) is 0 Å². The first-order valence-electron chi connectivity index (χ1n) is 6.43. The Labute approximate surface area is 118 Å². The lowest BCUT2D eigenvalue weighted by Gasteiger charge is -2.21. The second kappa shape index (κ2) is 6.86. The molecule has 5 nitrogen and oxygen atoms in total. The largest absolute Gasteiger partial charge is 0.396 e. The summed E-state index contributed by atoms with van der Waals surface area (Å²) in [5.41, 5.74) is 0.748. The third-order valence-corrected chi connectivity index (χ3v) is 4.26. The molecule has 0 aliphatic carbocycles. The first-order valence-corrected chi connectivity index (χ1v) is 7.25. The van der Waals surface area contributed by atoms with Gasteiger partial charge in [0, 0.05) is 26.7 Å². The molecule has 1 heterocycles. The summed E-state index contributed by atoms with van der Waals surface area (Å²) in [6.45, 7) is 5.99. The maximum Gasteiger partial charge on any atom is 0.263 e. The molecule has 1 unspecified atom stereocenters. The lowest BCUT2D eigenvalue weighted by molar-refractivity contribution is 0.0920. The molecule has 6 heteroatoms. The van der Waals surface area contributed by atoms with E-state index in [-0.39, 0.29) is 24.5 Å². The van der Waals surface area contributed by atoms with E-state index in [0.717, 1.165) is 10.8 Å². The highest BCUT2D eigenvalue weighted by Gasteiger charge is 2.21. The van der Waals surface area contributed by atoms with Gasteiger partial charge in [0.2, 0.25) is 0 Å². The summed E-state index contributed by atoms with van der Waals surface area (Å²) in [5.74, 6) is 0.188. The van der Waals surface area contributed by atoms with Gasteiger partial charge in [-0.25, -0.2) is 4.98 Å². The molecule has 2 N–H and O–H groups in total. The van der Waals surface area contributed by atoms with Crippen LogP contribution in [-0.4, -0.2) is 42.7 Å². The van der Waals surface area contributed by atoms with Crippen LogP contribution in [-0.2, 0) is 0 Å². The molecule has 0 aliphatic rings. The molecule has 0 saturated heterocycles. The quantitative estimate of drug-likeness (QED) is 0.834. The van der Waals surface area contributed by atoms with Crippen molar-refractivity contribution in [1.82, 2.24) is 10.3 Å². The van der Waals surface area contributed by atoms with E-state index in [1.807, 2.05) is 39.8 Å². The summed E-state index contributed by atoms with van der Waals surface area (Å²) in [7, 11) is 3.81. The molecule has 19 heavy (non-hydrogen) atoms. The number of hydrogen-bond donors (Lipinski definition) is 2. The number of nitrogens with one attached hydrogen (secondary N) is 1. The minimum atomic E-state index is -0.102. The summed E-state index contributed by atoms with van der Waals surface area (Å²) in [5, 5.41) is 12.8. The van der Waals surface area contributed by atoms with Crippen LogP contribution in [0.4, 0.5) is 5.13 Å². The number of nitrogens with zero attached hydrogens (tertiary/aromatic N) is 2. The van der Waals surface area contributed by atoms with Crippen LogP contribution in [0, 0.1) is 12.8 Å². The Balaban J connectivity index is 2.82. The number of carbonyl (C=O) groups is 1. The molecule has 0 fully saturated rings. The molecule has 0 aromatic carbocycles. The van der Waals surface area contributed by atoms with Crippen molar-refractivity contribution in [3.63, 3.8) is 0 Å². The zero-order chi connectivity index (χ0) is 14.6. The van der Waals surface area contributed by atoms with Gasteiger partial charge in [-0.2, -0.15) is 0 Å². The molecule has 108 valence electrons. The third-order valence-electron chi connectivity index (χ3n) is 2.94. The van der Waals surface area contributed by atoms with Crippen molar-refractivity contribution in [2.45, 2.75) is 33.2 Å². The Morgan fingerprint density at radius 3 is 2.53 bits per heavy atom. The first kappa shape index (κ1) is 15.9. The Hall–Kier alpha value is -1.14. The fourth-order valence-electron chi connectivity index (χ4n) is 1.73. The van der Waals surface area contributed by atoms with Gasteiger partial charge in [-0.1, -0.05) is 25.2 Å². The lowest BCUT2D eigenvalue weighted by Crippen LogP contribution is -2.39. The van der Waals surface area contributed by atoms with Crippen LogP contribution in [0.1, 0.15) is 35.6 Å². The maximum atomic E-state index is 12.3. The van der Waals surface area contributed by atoms with Gasteiger partial charge < -0.3 is 15.3 Å². The fraction of sp³-hybridized carbons (Fsp3) is 0.692. The van der Waals surface area contributed by atoms with Crippen molar-refractivity contribution in [2.75, 3.05) is 25.6 Å². The van der Waals surface area contributed by atoms with Gasteiger partial charge in [-0.3, -0.25) is 4.79 Å². The average Bonchev–Trinajstić information content (AvgIpc) is 2.70. The molecular weight excluding hydrogens is 262 g/mol. The van der Waals surface area contributed by atoms with E-state index in [2.05, 4.69) is 10.3 Å². The Kier molecular flexibility index (Phi) is 5.75. The predicted octanol–water partition coefficient (Wildman–Crippen LogP) is 1.65. The molecular formula is C13H23N3O2S. The second-order valence-corrected chi connectivity index (χ2v) is 6.12. The minimum absolute atomic E-state index is 0.0122. The Bertz CT molecular complexity index is 430. The van der Waals surface area contributed by atoms with Crippen molar-refractivity contribution in [1.29, 1.82) is 0 Å². The van der Waals surface area contributed by atoms with Crippen LogP contribution in [0.3, 0.4) is 0 Å². The number of aliphatic hydroxyl groups is 1. The van der Waals surface area contributed by atoms with Crippen LogP contribution >= 0.6 is 11.3 Å². The molecule has 1 aromatic rings. The Morgan fingerprint density at radius 2 is 2.11 bits per heavy atom. The highest BCUT2D eigenvalue weighted by molar-refractivity contribution is 7.17. The van der Waals surface area contributed by atoms with Crippen molar-refractivity contribution < 1.29 is 9.90 Å². The van der Waals surface area contributed by atoms with Crippen molar-refractivity contribution in [3.8, 4) is 0 Å². The molecule has 1 rings (SSSR count). The Morgan fingerprint density at radius 1 is 1.47 bits per heavy atom. The number of hydrogen-bond acceptors (Lipinski definition) is 5. The van der Waals surface area contributed by atoms with Crippen molar-refractivity contribution >= 4 is 22.4 Å². The minimum Gasteiger partial charge on any atom is -0.396 e. The number of aryl methyl sites for hydroxylation is 1. The molecule has 0 aliphatic heterocycles. The van der Waals surface area contributed by atoms with E-state index in [1.54, 1.807) is 0 Å². The molecule has 1 amide bonds. The van der Waals surface area contributed by atoms with E-state index < -0.39 is 0 Å². The summed E-state index contributed by atoms with van der Waals surface area (Å²) >= 11 is 1.39. The predicted molar refractivity (Wildman–Crippen MR) is 79.0 cm³/mol. The topological polar surface area (TPSA) is 65.5 Å². The number of anilines is 1. The number of rotatable bonds is 6. The van der Waals surface area contributed by atoms with Gasteiger partial charge in [0.05, 0.1) is 5.69 Å². The number of aromatic nitrogens is 1. The molecule has 0 spiro atoms. The first-order chi connectivity index (χ1) is 8.86. The van der Waals surface area contributed by atoms with Crippen molar-refractivity contribution in [3.05, 3.63) is 10.6 Å². The smallest absolute Gasteiger partial charge is 0.263 e. The van der Waals surface area contributed by atoms with Gasteiger partial charge >= 0.3 is 0 Å². The molecule has 1 aromatic heterocycles. The van der Waals surface area contributed by atoms with Crippen molar-refractivity contribution in [2.24, 2.45) is 5.92 Å². The molecule has 0 radical (unpaired) electrons. The van der Waals surface area contributed by atoms with E-state index >= 15 is 0 Å². The molecule has 0 saturated carbocycles. The normalized spacial score (nSPS) is 12.6. The van der Waals surface area contributed by atoms with Gasteiger partial charge in [0.25, 0.3) is 5.91 Å². The highest BCUT2D eigenvalue weighted by atomic mass is 32.1. The molecule has 1 atom stereocenters.